The number of aromatic amines is 2. The third-order valence-electron chi connectivity index (χ3n) is 8.83. The number of carbonyl (C=O) groups is 1. The number of H-pyrrole nitrogens is 2. The number of ketones is 1. The summed E-state index contributed by atoms with van der Waals surface area (Å²) in [5, 5.41) is 13.8. The summed E-state index contributed by atoms with van der Waals surface area (Å²) in [5.41, 5.74) is 3.08. The second-order valence-corrected chi connectivity index (χ2v) is 12.2. The number of halogens is 6. The summed E-state index contributed by atoms with van der Waals surface area (Å²) >= 11 is 0. The third-order valence-corrected chi connectivity index (χ3v) is 8.83. The summed E-state index contributed by atoms with van der Waals surface area (Å²) in [4.78, 5) is 14.0. The van der Waals surface area contributed by atoms with Crippen molar-refractivity contribution in [1.82, 2.24) is 20.4 Å². The standard InChI is InChI=1S/C39H32F6N4O3/c1-23(31-7-3-5-9-33(31)51-21-27-19-46-48-35(27)25-11-15-29(16-12-25)38(40,41)42)37(50)24(2)32-8-4-6-10-34(32)52-22-28-20-47-49-36(28)26-13-17-30(18-14-26)39(43,44)45/h3-20,23-24H,21-22H2,1-2H3,(H,46,48)(H,47,49). The number of carbonyl (C=O) groups excluding carboxylic acids is 1. The summed E-state index contributed by atoms with van der Waals surface area (Å²) in [7, 11) is 0. The highest BCUT2D eigenvalue weighted by molar-refractivity contribution is 5.92. The second kappa shape index (κ2) is 14.8. The molecule has 0 bridgehead atoms. The van der Waals surface area contributed by atoms with E-state index in [9.17, 15) is 31.1 Å². The Hall–Kier alpha value is -5.85. The van der Waals surface area contributed by atoms with E-state index in [1.807, 2.05) is 0 Å². The molecule has 52 heavy (non-hydrogen) atoms. The molecular weight excluding hydrogens is 686 g/mol. The third kappa shape index (κ3) is 7.88. The second-order valence-electron chi connectivity index (χ2n) is 12.2. The summed E-state index contributed by atoms with van der Waals surface area (Å²) in [6.45, 7) is 3.66. The molecule has 2 atom stereocenters. The smallest absolute Gasteiger partial charge is 0.416 e. The zero-order chi connectivity index (χ0) is 37.0. The maximum atomic E-state index is 14.0. The number of Topliss-reactive ketones (excluding diaryl/α,β-unsaturated/α-hetero) is 1. The Morgan fingerprint density at radius 1 is 0.596 bits per heavy atom. The normalized spacial score (nSPS) is 13.1. The van der Waals surface area contributed by atoms with Gasteiger partial charge in [0, 0.05) is 34.1 Å². The van der Waals surface area contributed by atoms with Crippen molar-refractivity contribution in [3.63, 3.8) is 0 Å². The molecule has 6 aromatic rings. The van der Waals surface area contributed by atoms with Crippen LogP contribution in [0.1, 0.15) is 59.1 Å². The minimum absolute atomic E-state index is 0.0412. The number of aromatic nitrogens is 4. The first-order chi connectivity index (χ1) is 24.8. The lowest BCUT2D eigenvalue weighted by Gasteiger charge is -2.21. The Morgan fingerprint density at radius 3 is 1.33 bits per heavy atom. The van der Waals surface area contributed by atoms with E-state index in [0.717, 1.165) is 24.3 Å². The van der Waals surface area contributed by atoms with Crippen LogP contribution in [0.3, 0.4) is 0 Å². The first-order valence-electron chi connectivity index (χ1n) is 16.2. The Kier molecular flexibility index (Phi) is 10.2. The van der Waals surface area contributed by atoms with Gasteiger partial charge < -0.3 is 9.47 Å². The van der Waals surface area contributed by atoms with Crippen molar-refractivity contribution < 1.29 is 40.6 Å². The number of ether oxygens (including phenoxy) is 2. The fraction of sp³-hybridized carbons (Fsp3) is 0.205. The van der Waals surface area contributed by atoms with E-state index in [4.69, 9.17) is 9.47 Å². The lowest BCUT2D eigenvalue weighted by Crippen LogP contribution is -2.18. The molecule has 0 aliphatic heterocycles. The van der Waals surface area contributed by atoms with Crippen LogP contribution in [-0.4, -0.2) is 26.2 Å². The molecule has 0 aliphatic rings. The van der Waals surface area contributed by atoms with E-state index in [2.05, 4.69) is 20.4 Å². The average Bonchev–Trinajstić information content (AvgIpc) is 3.82. The first-order valence-corrected chi connectivity index (χ1v) is 16.2. The number of hydrogen-bond donors (Lipinski definition) is 2. The molecule has 0 radical (unpaired) electrons. The van der Waals surface area contributed by atoms with E-state index >= 15 is 0 Å². The summed E-state index contributed by atoms with van der Waals surface area (Å²) in [6, 6.07) is 23.8. The van der Waals surface area contributed by atoms with Crippen LogP contribution in [0.4, 0.5) is 26.3 Å². The molecule has 6 rings (SSSR count). The van der Waals surface area contributed by atoms with Crippen molar-refractivity contribution in [2.24, 2.45) is 0 Å². The highest BCUT2D eigenvalue weighted by Crippen LogP contribution is 2.37. The highest BCUT2D eigenvalue weighted by atomic mass is 19.4. The Bertz CT molecular complexity index is 1990. The van der Waals surface area contributed by atoms with Gasteiger partial charge in [-0.2, -0.15) is 36.5 Å². The SMILES string of the molecule is CC(C(=O)C(C)c1ccccc1OCc1cn[nH]c1-c1ccc(C(F)(F)F)cc1)c1ccccc1OCc1cn[nH]c1-c1ccc(C(F)(F)F)cc1. The molecule has 0 saturated carbocycles. The molecule has 7 nitrogen and oxygen atoms in total. The van der Waals surface area contributed by atoms with Crippen LogP contribution in [0, 0.1) is 0 Å². The molecule has 4 aromatic carbocycles. The maximum Gasteiger partial charge on any atom is 0.416 e. The molecule has 2 N–H and O–H groups in total. The van der Waals surface area contributed by atoms with Gasteiger partial charge in [-0.3, -0.25) is 15.0 Å². The fourth-order valence-corrected chi connectivity index (χ4v) is 5.92. The Labute approximate surface area is 294 Å². The maximum absolute atomic E-state index is 14.0. The number of alkyl halides is 6. The van der Waals surface area contributed by atoms with Crippen LogP contribution in [-0.2, 0) is 30.4 Å². The molecule has 0 aliphatic carbocycles. The zero-order valence-electron chi connectivity index (χ0n) is 27.8. The van der Waals surface area contributed by atoms with Crippen molar-refractivity contribution in [1.29, 1.82) is 0 Å². The molecule has 2 unspecified atom stereocenters. The Balaban J connectivity index is 1.14. The molecular formula is C39H32F6N4O3. The fourth-order valence-electron chi connectivity index (χ4n) is 5.92. The summed E-state index contributed by atoms with van der Waals surface area (Å²) in [5.74, 6) is -0.364. The van der Waals surface area contributed by atoms with Gasteiger partial charge in [-0.15, -0.1) is 0 Å². The topological polar surface area (TPSA) is 92.9 Å². The largest absolute Gasteiger partial charge is 0.488 e. The zero-order valence-corrected chi connectivity index (χ0v) is 27.8. The number of nitrogens with zero attached hydrogens (tertiary/aromatic N) is 2. The van der Waals surface area contributed by atoms with Gasteiger partial charge in [-0.05, 0) is 47.5 Å². The van der Waals surface area contributed by atoms with Gasteiger partial charge >= 0.3 is 12.4 Å². The van der Waals surface area contributed by atoms with Crippen molar-refractivity contribution in [2.75, 3.05) is 0 Å². The Morgan fingerprint density at radius 2 is 0.962 bits per heavy atom. The average molecular weight is 719 g/mol. The predicted octanol–water partition coefficient (Wildman–Crippen LogP) is 10.1. The van der Waals surface area contributed by atoms with Crippen molar-refractivity contribution in [3.8, 4) is 34.0 Å². The minimum Gasteiger partial charge on any atom is -0.488 e. The van der Waals surface area contributed by atoms with Gasteiger partial charge in [0.2, 0.25) is 0 Å². The number of nitrogens with one attached hydrogen (secondary N) is 2. The predicted molar refractivity (Wildman–Crippen MR) is 181 cm³/mol. The molecule has 13 heteroatoms. The number of benzene rings is 4. The molecule has 2 aromatic heterocycles. The lowest BCUT2D eigenvalue weighted by molar-refractivity contribution is -0.138. The molecule has 0 saturated heterocycles. The number of rotatable bonds is 12. The van der Waals surface area contributed by atoms with E-state index in [0.29, 0.717) is 56.3 Å². The van der Waals surface area contributed by atoms with Gasteiger partial charge in [0.15, 0.2) is 0 Å². The van der Waals surface area contributed by atoms with Gasteiger partial charge in [-0.1, -0.05) is 74.5 Å². The molecule has 268 valence electrons. The van der Waals surface area contributed by atoms with Gasteiger partial charge in [0.1, 0.15) is 30.5 Å². The summed E-state index contributed by atoms with van der Waals surface area (Å²) in [6.07, 6.45) is -5.82. The number of hydrogen-bond acceptors (Lipinski definition) is 5. The van der Waals surface area contributed by atoms with Gasteiger partial charge in [0.25, 0.3) is 0 Å². The van der Waals surface area contributed by atoms with E-state index < -0.39 is 35.3 Å². The molecule has 0 fully saturated rings. The van der Waals surface area contributed by atoms with E-state index in [-0.39, 0.29) is 19.0 Å². The van der Waals surface area contributed by atoms with Crippen molar-refractivity contribution >= 4 is 5.78 Å². The van der Waals surface area contributed by atoms with Crippen LogP contribution in [0.2, 0.25) is 0 Å². The van der Waals surface area contributed by atoms with Gasteiger partial charge in [-0.25, -0.2) is 0 Å². The summed E-state index contributed by atoms with van der Waals surface area (Å²) < 4.78 is 90.7. The molecule has 0 amide bonds. The van der Waals surface area contributed by atoms with Crippen molar-refractivity contribution in [3.05, 3.63) is 143 Å². The van der Waals surface area contributed by atoms with Crippen LogP contribution >= 0.6 is 0 Å². The first kappa shape index (κ1) is 36.0. The van der Waals surface area contributed by atoms with Crippen LogP contribution < -0.4 is 9.47 Å². The van der Waals surface area contributed by atoms with Crippen LogP contribution in [0.25, 0.3) is 22.5 Å². The highest BCUT2D eigenvalue weighted by Gasteiger charge is 2.31. The van der Waals surface area contributed by atoms with Crippen LogP contribution in [0.5, 0.6) is 11.5 Å². The number of para-hydroxylation sites is 2. The van der Waals surface area contributed by atoms with Gasteiger partial charge in [0.05, 0.1) is 34.9 Å². The molecule has 0 spiro atoms. The quantitative estimate of drug-likeness (QED) is 0.123. The van der Waals surface area contributed by atoms with E-state index in [1.165, 1.54) is 24.3 Å². The lowest BCUT2D eigenvalue weighted by atomic mass is 9.85. The van der Waals surface area contributed by atoms with Crippen LogP contribution in [0.15, 0.2) is 109 Å². The minimum atomic E-state index is -4.45. The van der Waals surface area contributed by atoms with E-state index in [1.54, 1.807) is 74.8 Å². The monoisotopic (exact) mass is 718 g/mol. The molecule has 2 heterocycles. The van der Waals surface area contributed by atoms with Crippen molar-refractivity contribution in [2.45, 2.75) is 51.2 Å².